The summed E-state index contributed by atoms with van der Waals surface area (Å²) in [5.41, 5.74) is 9.07. The Morgan fingerprint density at radius 2 is 1.67 bits per heavy atom. The van der Waals surface area contributed by atoms with E-state index in [1.54, 1.807) is 42.5 Å². The van der Waals surface area contributed by atoms with Crippen molar-refractivity contribution in [1.82, 2.24) is 25.5 Å². The Morgan fingerprint density at radius 1 is 0.959 bits per heavy atom. The first-order valence-electron chi connectivity index (χ1n) is 15.9. The molecule has 0 aliphatic heterocycles. The molecule has 0 saturated carbocycles. The first kappa shape index (κ1) is 35.9. The number of alkyl carbamates (subject to hydrolysis) is 1. The van der Waals surface area contributed by atoms with Gasteiger partial charge in [0.15, 0.2) is 5.82 Å². The molecule has 49 heavy (non-hydrogen) atoms. The number of aromatic nitrogens is 2. The summed E-state index contributed by atoms with van der Waals surface area (Å²) in [6.07, 6.45) is 1.48. The third-order valence-corrected chi connectivity index (χ3v) is 7.46. The van der Waals surface area contributed by atoms with E-state index in [2.05, 4.69) is 26.3 Å². The van der Waals surface area contributed by atoms with Crippen molar-refractivity contribution in [2.75, 3.05) is 11.1 Å². The fraction of sp³-hybridized carbons (Fsp3) is 0.278. The number of carbonyl (C=O) groups excluding carboxylic acids is 3. The van der Waals surface area contributed by atoms with Gasteiger partial charge in [-0.25, -0.2) is 9.78 Å². The minimum absolute atomic E-state index is 0.0451. The third kappa shape index (κ3) is 10.3. The van der Waals surface area contributed by atoms with Crippen LogP contribution in [0.15, 0.2) is 83.8 Å². The van der Waals surface area contributed by atoms with Gasteiger partial charge in [0, 0.05) is 41.0 Å². The van der Waals surface area contributed by atoms with Crippen LogP contribution in [0.1, 0.15) is 61.2 Å². The SMILES string of the molecule is CC[C@H](C)NC(=O)c1cc(N)cc(-c2cnc(NC(C)C)c(=O)n2CC(=O)NCc2ccc(C(=N)NC(=O)OCc3ccccc3)cc2)c1. The van der Waals surface area contributed by atoms with Crippen LogP contribution in [0.4, 0.5) is 16.3 Å². The normalized spacial score (nSPS) is 11.4. The summed E-state index contributed by atoms with van der Waals surface area (Å²) in [4.78, 5) is 56.1. The molecule has 0 bridgehead atoms. The number of nitrogens with zero attached hydrogens (tertiary/aromatic N) is 2. The maximum Gasteiger partial charge on any atom is 0.413 e. The van der Waals surface area contributed by atoms with Gasteiger partial charge in [-0.2, -0.15) is 0 Å². The van der Waals surface area contributed by atoms with E-state index >= 15 is 0 Å². The number of amidine groups is 1. The monoisotopic (exact) mass is 666 g/mol. The van der Waals surface area contributed by atoms with Crippen LogP contribution in [0, 0.1) is 5.41 Å². The van der Waals surface area contributed by atoms with Crippen LogP contribution >= 0.6 is 0 Å². The summed E-state index contributed by atoms with van der Waals surface area (Å²) in [5.74, 6) is -0.796. The number of ether oxygens (including phenoxy) is 1. The molecule has 0 saturated heterocycles. The van der Waals surface area contributed by atoms with Gasteiger partial charge in [0.1, 0.15) is 19.0 Å². The van der Waals surface area contributed by atoms with E-state index in [0.717, 1.165) is 17.5 Å². The van der Waals surface area contributed by atoms with Crippen molar-refractivity contribution >= 4 is 35.2 Å². The highest BCUT2D eigenvalue weighted by Gasteiger charge is 2.18. The van der Waals surface area contributed by atoms with Gasteiger partial charge in [0.2, 0.25) is 5.91 Å². The molecular weight excluding hydrogens is 624 g/mol. The lowest BCUT2D eigenvalue weighted by molar-refractivity contribution is -0.121. The van der Waals surface area contributed by atoms with Crippen LogP contribution in [0.3, 0.4) is 0 Å². The summed E-state index contributed by atoms with van der Waals surface area (Å²) in [5, 5.41) is 19.4. The Labute approximate surface area is 284 Å². The predicted molar refractivity (Wildman–Crippen MR) is 189 cm³/mol. The summed E-state index contributed by atoms with van der Waals surface area (Å²) in [6.45, 7) is 7.49. The molecule has 1 aromatic heterocycles. The van der Waals surface area contributed by atoms with Crippen molar-refractivity contribution in [2.45, 2.75) is 65.9 Å². The molecule has 256 valence electrons. The number of amides is 3. The molecule has 13 heteroatoms. The van der Waals surface area contributed by atoms with Crippen LogP contribution in [0.25, 0.3) is 11.3 Å². The van der Waals surface area contributed by atoms with E-state index < -0.39 is 17.6 Å². The molecule has 4 rings (SSSR count). The van der Waals surface area contributed by atoms with Crippen molar-refractivity contribution in [2.24, 2.45) is 0 Å². The highest BCUT2D eigenvalue weighted by atomic mass is 16.5. The van der Waals surface area contributed by atoms with Crippen LogP contribution in [0.5, 0.6) is 0 Å². The molecule has 1 atom stereocenters. The van der Waals surface area contributed by atoms with Crippen molar-refractivity contribution in [3.8, 4) is 11.3 Å². The van der Waals surface area contributed by atoms with Gasteiger partial charge in [0.25, 0.3) is 11.5 Å². The molecule has 13 nitrogen and oxygen atoms in total. The summed E-state index contributed by atoms with van der Waals surface area (Å²) < 4.78 is 6.47. The Morgan fingerprint density at radius 3 is 2.35 bits per heavy atom. The average Bonchev–Trinajstić information content (AvgIpc) is 3.08. The number of carbonyl (C=O) groups is 3. The van der Waals surface area contributed by atoms with Crippen molar-refractivity contribution in [3.05, 3.63) is 112 Å². The highest BCUT2D eigenvalue weighted by Crippen LogP contribution is 2.24. The number of hydrogen-bond acceptors (Lipinski definition) is 9. The number of nitrogen functional groups attached to an aromatic ring is 1. The van der Waals surface area contributed by atoms with Gasteiger partial charge in [0.05, 0.1) is 11.9 Å². The molecule has 0 radical (unpaired) electrons. The van der Waals surface area contributed by atoms with Crippen LogP contribution < -0.4 is 32.6 Å². The molecule has 0 unspecified atom stereocenters. The molecular formula is C36H42N8O5. The highest BCUT2D eigenvalue weighted by molar-refractivity contribution is 6.04. The quantitative estimate of drug-likeness (QED) is 0.0686. The lowest BCUT2D eigenvalue weighted by Gasteiger charge is -2.17. The van der Waals surface area contributed by atoms with E-state index in [1.165, 1.54) is 10.8 Å². The van der Waals surface area contributed by atoms with E-state index in [-0.39, 0.29) is 49.3 Å². The second-order valence-electron chi connectivity index (χ2n) is 11.8. The van der Waals surface area contributed by atoms with Gasteiger partial charge >= 0.3 is 6.09 Å². The van der Waals surface area contributed by atoms with E-state index in [4.69, 9.17) is 15.9 Å². The largest absolute Gasteiger partial charge is 0.444 e. The molecule has 0 aliphatic carbocycles. The Balaban J connectivity index is 1.45. The first-order chi connectivity index (χ1) is 23.4. The molecule has 1 heterocycles. The minimum atomic E-state index is -0.744. The topological polar surface area (TPSA) is 193 Å². The molecule has 7 N–H and O–H groups in total. The second kappa shape index (κ2) is 16.7. The van der Waals surface area contributed by atoms with E-state index in [9.17, 15) is 19.2 Å². The molecule has 4 aromatic rings. The number of nitrogens with two attached hydrogens (primary N) is 1. The maximum atomic E-state index is 13.6. The van der Waals surface area contributed by atoms with Gasteiger partial charge in [-0.05, 0) is 56.5 Å². The molecule has 0 fully saturated rings. The average molecular weight is 667 g/mol. The van der Waals surface area contributed by atoms with Crippen LogP contribution in [-0.2, 0) is 29.2 Å². The maximum absolute atomic E-state index is 13.6. The lowest BCUT2D eigenvalue weighted by Crippen LogP contribution is -2.35. The minimum Gasteiger partial charge on any atom is -0.444 e. The third-order valence-electron chi connectivity index (χ3n) is 7.46. The van der Waals surface area contributed by atoms with Gasteiger partial charge in [-0.1, -0.05) is 61.5 Å². The number of rotatable bonds is 13. The fourth-order valence-corrected chi connectivity index (χ4v) is 4.71. The lowest BCUT2D eigenvalue weighted by atomic mass is 10.1. The Bertz CT molecular complexity index is 1860. The Hall–Kier alpha value is -5.98. The van der Waals surface area contributed by atoms with Gasteiger partial charge in [-0.3, -0.25) is 29.7 Å². The van der Waals surface area contributed by atoms with E-state index in [1.807, 2.05) is 58.0 Å². The summed E-state index contributed by atoms with van der Waals surface area (Å²) in [7, 11) is 0. The number of anilines is 2. The fourth-order valence-electron chi connectivity index (χ4n) is 4.71. The molecule has 0 spiro atoms. The van der Waals surface area contributed by atoms with Crippen molar-refractivity contribution in [3.63, 3.8) is 0 Å². The number of hydrogen-bond donors (Lipinski definition) is 6. The molecule has 0 aliphatic rings. The van der Waals surface area contributed by atoms with Crippen molar-refractivity contribution in [1.29, 1.82) is 5.41 Å². The molecule has 3 aromatic carbocycles. The second-order valence-corrected chi connectivity index (χ2v) is 11.8. The van der Waals surface area contributed by atoms with Crippen molar-refractivity contribution < 1.29 is 19.1 Å². The Kier molecular flexibility index (Phi) is 12.2. The summed E-state index contributed by atoms with van der Waals surface area (Å²) >= 11 is 0. The van der Waals surface area contributed by atoms with Crippen LogP contribution in [0.2, 0.25) is 0 Å². The molecule has 3 amide bonds. The zero-order valence-corrected chi connectivity index (χ0v) is 28.0. The van der Waals surface area contributed by atoms with Gasteiger partial charge in [-0.15, -0.1) is 0 Å². The van der Waals surface area contributed by atoms with Crippen LogP contribution in [-0.4, -0.2) is 45.4 Å². The zero-order chi connectivity index (χ0) is 35.5. The zero-order valence-electron chi connectivity index (χ0n) is 28.0. The number of nitrogens with one attached hydrogen (secondary N) is 5. The smallest absolute Gasteiger partial charge is 0.413 e. The predicted octanol–water partition coefficient (Wildman–Crippen LogP) is 4.41. The van der Waals surface area contributed by atoms with E-state index in [0.29, 0.717) is 28.1 Å². The number of benzene rings is 3. The summed E-state index contributed by atoms with van der Waals surface area (Å²) in [6, 6.07) is 20.6. The van der Waals surface area contributed by atoms with Gasteiger partial charge < -0.3 is 26.4 Å². The first-order valence-corrected chi connectivity index (χ1v) is 15.9. The standard InChI is InChI=1S/C36H42N8O5/c1-5-23(4)42-34(46)28-15-27(16-29(37)17-28)30-19-40-33(41-22(2)3)35(47)44(30)20-31(45)39-18-24-11-13-26(14-12-24)32(38)43-36(48)49-21-25-9-7-6-8-10-25/h6-17,19,22-23H,5,18,20-21,37H2,1-4H3,(H,39,45)(H,40,41)(H,42,46)(H2,38,43,48)/t23-/m0/s1.